The Balaban J connectivity index is 3.98. The average Bonchev–Trinajstić information content (AvgIpc) is 2.98. The van der Waals surface area contributed by atoms with Crippen LogP contribution in [-0.4, -0.2) is 41.9 Å². The van der Waals surface area contributed by atoms with Gasteiger partial charge in [-0.25, -0.2) is 0 Å². The molecule has 0 aromatic carbocycles. The van der Waals surface area contributed by atoms with Crippen LogP contribution in [0.2, 0.25) is 0 Å². The molecule has 0 aliphatic heterocycles. The van der Waals surface area contributed by atoms with E-state index in [2.05, 4.69) is 92.1 Å². The molecule has 0 aromatic heterocycles. The Hall–Kier alpha value is -2.48. The second-order valence-corrected chi connectivity index (χ2v) is 12.6. The number of hydrogen-bond acceptors (Lipinski definition) is 4. The van der Waals surface area contributed by atoms with Gasteiger partial charge >= 0.3 is 0 Å². The molecule has 0 bridgehead atoms. The van der Waals surface area contributed by atoms with Crippen molar-refractivity contribution in [2.45, 2.75) is 135 Å². The van der Waals surface area contributed by atoms with Crippen molar-refractivity contribution in [1.82, 2.24) is 5.32 Å². The minimum Gasteiger partial charge on any atom is -0.387 e. The molecule has 0 fully saturated rings. The van der Waals surface area contributed by atoms with Gasteiger partial charge in [0.1, 0.15) is 0 Å². The highest BCUT2D eigenvalue weighted by atomic mass is 32.2. The Morgan fingerprint density at radius 1 is 0.636 bits per heavy atom. The topological polar surface area (TPSA) is 104 Å². The van der Waals surface area contributed by atoms with Gasteiger partial charge in [-0.05, 0) is 70.6 Å². The number of nitrogens with one attached hydrogen (secondary N) is 1. The zero-order chi connectivity index (χ0) is 32.6. The van der Waals surface area contributed by atoms with E-state index in [1.54, 1.807) is 6.08 Å². The molecule has 0 aliphatic rings. The maximum atomic E-state index is 12.4. The number of rotatable bonds is 28. The molecule has 0 heterocycles. The normalized spacial score (nSPS) is 14.5. The third-order valence-electron chi connectivity index (χ3n) is 6.83. The second-order valence-electron chi connectivity index (χ2n) is 11.1. The monoisotopic (exact) mass is 631 g/mol. The van der Waals surface area contributed by atoms with E-state index in [9.17, 15) is 22.9 Å². The van der Waals surface area contributed by atoms with Crippen molar-refractivity contribution >= 4 is 16.0 Å². The van der Waals surface area contributed by atoms with Gasteiger partial charge in [0.2, 0.25) is 5.91 Å². The van der Waals surface area contributed by atoms with Crippen LogP contribution in [-0.2, 0) is 14.9 Å². The summed E-state index contributed by atoms with van der Waals surface area (Å²) in [7, 11) is -4.34. The lowest BCUT2D eigenvalue weighted by molar-refractivity contribution is -0.122. The first-order chi connectivity index (χ1) is 21.3. The fraction of sp³-hybridized carbons (Fsp3) is 0.595. The van der Waals surface area contributed by atoms with E-state index in [1.165, 1.54) is 6.08 Å². The van der Waals surface area contributed by atoms with Crippen LogP contribution in [0.4, 0.5) is 0 Å². The molecule has 0 saturated heterocycles. The Morgan fingerprint density at radius 2 is 1.09 bits per heavy atom. The zero-order valence-electron chi connectivity index (χ0n) is 27.5. The van der Waals surface area contributed by atoms with E-state index in [0.29, 0.717) is 6.42 Å². The number of unbranched alkanes of at least 4 members (excludes halogenated alkanes) is 8. The summed E-state index contributed by atoms with van der Waals surface area (Å²) in [6.07, 6.45) is 44.5. The van der Waals surface area contributed by atoms with E-state index in [-0.39, 0.29) is 12.3 Å². The van der Waals surface area contributed by atoms with E-state index < -0.39 is 28.0 Å². The Bertz CT molecular complexity index is 1000. The van der Waals surface area contributed by atoms with E-state index >= 15 is 0 Å². The highest BCUT2D eigenvalue weighted by Gasteiger charge is 2.24. The van der Waals surface area contributed by atoms with Gasteiger partial charge in [-0.15, -0.1) is 0 Å². The maximum Gasteiger partial charge on any atom is 0.267 e. The number of carbonyl (C=O) groups excluding carboxylic acids is 1. The van der Waals surface area contributed by atoms with Crippen LogP contribution in [0.5, 0.6) is 0 Å². The molecule has 0 radical (unpaired) electrons. The lowest BCUT2D eigenvalue weighted by Crippen LogP contribution is -2.46. The number of carbonyl (C=O) groups is 1. The fourth-order valence-electron chi connectivity index (χ4n) is 4.33. The van der Waals surface area contributed by atoms with Gasteiger partial charge in [-0.2, -0.15) is 8.42 Å². The Labute approximate surface area is 269 Å². The summed E-state index contributed by atoms with van der Waals surface area (Å²) >= 11 is 0. The van der Waals surface area contributed by atoms with Crippen LogP contribution >= 0.6 is 0 Å². The molecular formula is C37H61NO5S. The highest BCUT2D eigenvalue weighted by molar-refractivity contribution is 7.85. The highest BCUT2D eigenvalue weighted by Crippen LogP contribution is 2.09. The number of hydrogen-bond donors (Lipinski definition) is 3. The minimum atomic E-state index is -4.34. The molecule has 0 aromatic rings. The van der Waals surface area contributed by atoms with Crippen LogP contribution in [0, 0.1) is 0 Å². The number of allylic oxidation sites excluding steroid dienone is 13. The molecule has 7 heteroatoms. The lowest BCUT2D eigenvalue weighted by Gasteiger charge is -2.21. The molecule has 44 heavy (non-hydrogen) atoms. The van der Waals surface area contributed by atoms with Gasteiger partial charge in [-0.1, -0.05) is 131 Å². The SMILES string of the molecule is CC/C=C\C/C=C\C/C=C\C/C=C\C/C=C\C/C=C\CCCCCCC(=O)NC(CS(=O)(=O)O)C(O)/C=C/CCCCCC. The quantitative estimate of drug-likeness (QED) is 0.0454. The summed E-state index contributed by atoms with van der Waals surface area (Å²) in [5.74, 6) is -1.03. The molecule has 0 saturated carbocycles. The first-order valence-electron chi connectivity index (χ1n) is 16.8. The third-order valence-corrected chi connectivity index (χ3v) is 7.61. The average molecular weight is 632 g/mol. The minimum absolute atomic E-state index is 0.259. The number of aliphatic hydroxyl groups is 1. The van der Waals surface area contributed by atoms with Crippen molar-refractivity contribution < 1.29 is 22.9 Å². The fourth-order valence-corrected chi connectivity index (χ4v) is 5.07. The molecule has 1 amide bonds. The van der Waals surface area contributed by atoms with E-state index in [4.69, 9.17) is 0 Å². The zero-order valence-corrected chi connectivity index (χ0v) is 28.3. The van der Waals surface area contributed by atoms with Crippen molar-refractivity contribution in [1.29, 1.82) is 0 Å². The molecular weight excluding hydrogens is 570 g/mol. The van der Waals surface area contributed by atoms with Gasteiger partial charge in [0.05, 0.1) is 17.9 Å². The molecule has 0 spiro atoms. The van der Waals surface area contributed by atoms with Crippen molar-refractivity contribution in [2.75, 3.05) is 5.75 Å². The molecule has 2 unspecified atom stereocenters. The molecule has 3 N–H and O–H groups in total. The largest absolute Gasteiger partial charge is 0.387 e. The van der Waals surface area contributed by atoms with Gasteiger partial charge in [0, 0.05) is 6.42 Å². The van der Waals surface area contributed by atoms with Crippen LogP contribution in [0.15, 0.2) is 85.1 Å². The van der Waals surface area contributed by atoms with Crippen molar-refractivity contribution in [3.8, 4) is 0 Å². The summed E-state index contributed by atoms with van der Waals surface area (Å²) in [5, 5.41) is 13.0. The Kier molecular flexibility index (Phi) is 28.8. The Morgan fingerprint density at radius 3 is 1.59 bits per heavy atom. The molecule has 0 rings (SSSR count). The summed E-state index contributed by atoms with van der Waals surface area (Å²) in [6, 6.07) is -1.07. The lowest BCUT2D eigenvalue weighted by atomic mass is 10.1. The second kappa shape index (κ2) is 30.5. The van der Waals surface area contributed by atoms with Crippen LogP contribution in [0.3, 0.4) is 0 Å². The van der Waals surface area contributed by atoms with Gasteiger partial charge < -0.3 is 10.4 Å². The van der Waals surface area contributed by atoms with Gasteiger partial charge in [0.15, 0.2) is 0 Å². The first-order valence-corrected chi connectivity index (χ1v) is 18.4. The van der Waals surface area contributed by atoms with E-state index in [1.807, 2.05) is 0 Å². The molecule has 0 aliphatic carbocycles. The third kappa shape index (κ3) is 31.0. The van der Waals surface area contributed by atoms with Gasteiger partial charge in [-0.3, -0.25) is 9.35 Å². The molecule has 250 valence electrons. The predicted molar refractivity (Wildman–Crippen MR) is 188 cm³/mol. The number of amides is 1. The van der Waals surface area contributed by atoms with Gasteiger partial charge in [0.25, 0.3) is 10.1 Å². The maximum absolute atomic E-state index is 12.4. The summed E-state index contributed by atoms with van der Waals surface area (Å²) in [6.45, 7) is 4.28. The van der Waals surface area contributed by atoms with Crippen molar-refractivity contribution in [3.05, 3.63) is 85.1 Å². The summed E-state index contributed by atoms with van der Waals surface area (Å²) < 4.78 is 32.0. The number of aliphatic hydroxyl groups excluding tert-OH is 1. The van der Waals surface area contributed by atoms with E-state index in [0.717, 1.165) is 96.3 Å². The van der Waals surface area contributed by atoms with Crippen LogP contribution < -0.4 is 5.32 Å². The van der Waals surface area contributed by atoms with Crippen molar-refractivity contribution in [3.63, 3.8) is 0 Å². The summed E-state index contributed by atoms with van der Waals surface area (Å²) in [4.78, 5) is 12.4. The predicted octanol–water partition coefficient (Wildman–Crippen LogP) is 9.28. The van der Waals surface area contributed by atoms with Crippen LogP contribution in [0.1, 0.15) is 123 Å². The first kappa shape index (κ1) is 41.5. The van der Waals surface area contributed by atoms with Crippen LogP contribution in [0.25, 0.3) is 0 Å². The standard InChI is InChI=1S/C37H61NO5S/c1-3-5-7-9-11-12-13-14-15-16-17-18-19-20-21-22-23-24-25-26-27-29-31-33-37(40)38-35(34-44(41,42)43)36(39)32-30-28-10-8-6-4-2/h5,7,11-12,14-15,17-18,20-21,23-24,30,32,35-36,39H,3-4,6,8-10,13,16,19,22,25-29,31,33-34H2,1-2H3,(H,38,40)(H,41,42,43)/b7-5-,12-11-,15-14-,18-17-,21-20-,24-23-,32-30+. The summed E-state index contributed by atoms with van der Waals surface area (Å²) in [5.41, 5.74) is 0. The molecule has 6 nitrogen and oxygen atoms in total. The smallest absolute Gasteiger partial charge is 0.267 e. The van der Waals surface area contributed by atoms with Crippen molar-refractivity contribution in [2.24, 2.45) is 0 Å². The molecule has 2 atom stereocenters.